The van der Waals surface area contributed by atoms with E-state index in [4.69, 9.17) is 10.5 Å². The van der Waals surface area contributed by atoms with Crippen molar-refractivity contribution < 1.29 is 9.53 Å². The number of carbonyl (C=O) groups excluding carboxylic acids is 1. The third kappa shape index (κ3) is 3.61. The Balaban J connectivity index is 2.24. The van der Waals surface area contributed by atoms with Crippen molar-refractivity contribution in [3.05, 3.63) is 4.88 Å². The maximum atomic E-state index is 12.1. The van der Waals surface area contributed by atoms with Gasteiger partial charge in [-0.15, -0.1) is 11.3 Å². The normalized spacial score (nSPS) is 20.4. The fraction of sp³-hybridized carbons (Fsp3) is 0.667. The Morgan fingerprint density at radius 3 is 2.71 bits per heavy atom. The summed E-state index contributed by atoms with van der Waals surface area (Å²) in [6, 6.07) is 0.477. The van der Waals surface area contributed by atoms with Crippen LogP contribution < -0.4 is 21.1 Å². The summed E-state index contributed by atoms with van der Waals surface area (Å²) < 4.78 is 5.83. The zero-order valence-corrected chi connectivity index (χ0v) is 14.0. The van der Waals surface area contributed by atoms with E-state index >= 15 is 0 Å². The molecule has 0 spiro atoms. The molecule has 1 aliphatic carbocycles. The molecule has 0 radical (unpaired) electrons. The molecule has 1 amide bonds. The number of hydrogen-bond donors (Lipinski definition) is 3. The molecule has 21 heavy (non-hydrogen) atoms. The van der Waals surface area contributed by atoms with Crippen LogP contribution in [0.5, 0.6) is 5.75 Å². The van der Waals surface area contributed by atoms with E-state index in [1.807, 2.05) is 20.8 Å². The summed E-state index contributed by atoms with van der Waals surface area (Å²) in [5, 5.41) is 7.15. The van der Waals surface area contributed by atoms with Gasteiger partial charge in [-0.1, -0.05) is 13.3 Å². The fourth-order valence-electron chi connectivity index (χ4n) is 2.33. The first-order valence-electron chi connectivity index (χ1n) is 7.61. The quantitative estimate of drug-likeness (QED) is 0.723. The van der Waals surface area contributed by atoms with E-state index in [1.54, 1.807) is 0 Å². The minimum Gasteiger partial charge on any atom is -0.486 e. The SMILES string of the molecule is CCNC(=O)c1sc(NC2CC2CC)c(OC(C)C)c1N. The lowest BCUT2D eigenvalue weighted by Gasteiger charge is -2.12. The monoisotopic (exact) mass is 311 g/mol. The predicted octanol–water partition coefficient (Wildman–Crippen LogP) is 3.08. The van der Waals surface area contributed by atoms with E-state index in [9.17, 15) is 4.79 Å². The predicted molar refractivity (Wildman–Crippen MR) is 88.3 cm³/mol. The van der Waals surface area contributed by atoms with Gasteiger partial charge in [-0.3, -0.25) is 4.79 Å². The average Bonchev–Trinajstić information content (AvgIpc) is 3.11. The summed E-state index contributed by atoms with van der Waals surface area (Å²) in [5.41, 5.74) is 6.57. The van der Waals surface area contributed by atoms with E-state index in [2.05, 4.69) is 17.6 Å². The molecule has 5 nitrogen and oxygen atoms in total. The molecule has 0 bridgehead atoms. The van der Waals surface area contributed by atoms with Gasteiger partial charge in [-0.25, -0.2) is 0 Å². The van der Waals surface area contributed by atoms with E-state index in [0.717, 1.165) is 5.00 Å². The Labute approximate surface area is 130 Å². The maximum absolute atomic E-state index is 12.1. The van der Waals surface area contributed by atoms with Crippen molar-refractivity contribution in [1.82, 2.24) is 5.32 Å². The van der Waals surface area contributed by atoms with Gasteiger partial charge in [0.1, 0.15) is 15.6 Å². The van der Waals surface area contributed by atoms with Crippen molar-refractivity contribution >= 4 is 27.9 Å². The minimum atomic E-state index is -0.135. The van der Waals surface area contributed by atoms with Gasteiger partial charge in [0.05, 0.1) is 6.10 Å². The third-order valence-corrected chi connectivity index (χ3v) is 4.68. The first-order chi connectivity index (χ1) is 9.97. The summed E-state index contributed by atoms with van der Waals surface area (Å²) >= 11 is 1.38. The highest BCUT2D eigenvalue weighted by atomic mass is 32.1. The van der Waals surface area contributed by atoms with Gasteiger partial charge in [0.2, 0.25) is 0 Å². The molecular weight excluding hydrogens is 286 g/mol. The van der Waals surface area contributed by atoms with E-state index in [-0.39, 0.29) is 12.0 Å². The van der Waals surface area contributed by atoms with E-state index in [1.165, 1.54) is 24.2 Å². The Bertz CT molecular complexity index is 513. The number of rotatable bonds is 7. The largest absolute Gasteiger partial charge is 0.486 e. The molecule has 1 aromatic rings. The van der Waals surface area contributed by atoms with Gasteiger partial charge in [0.15, 0.2) is 5.75 Å². The zero-order valence-electron chi connectivity index (χ0n) is 13.2. The zero-order chi connectivity index (χ0) is 15.6. The number of nitrogens with one attached hydrogen (secondary N) is 2. The molecule has 1 aromatic heterocycles. The van der Waals surface area contributed by atoms with Crippen LogP contribution in [0.25, 0.3) is 0 Å². The Morgan fingerprint density at radius 1 is 1.48 bits per heavy atom. The molecule has 6 heteroatoms. The van der Waals surface area contributed by atoms with Crippen molar-refractivity contribution in [2.75, 3.05) is 17.6 Å². The van der Waals surface area contributed by atoms with Gasteiger partial charge in [-0.2, -0.15) is 0 Å². The number of nitrogen functional groups attached to an aromatic ring is 1. The van der Waals surface area contributed by atoms with E-state index in [0.29, 0.717) is 34.8 Å². The van der Waals surface area contributed by atoms with Crippen LogP contribution in [-0.2, 0) is 0 Å². The second-order valence-corrected chi connectivity index (χ2v) is 6.70. The van der Waals surface area contributed by atoms with Crippen LogP contribution in [-0.4, -0.2) is 24.6 Å². The molecule has 2 rings (SSSR count). The van der Waals surface area contributed by atoms with Crippen LogP contribution in [0.15, 0.2) is 0 Å². The molecule has 1 aliphatic rings. The van der Waals surface area contributed by atoms with Crippen molar-refractivity contribution in [1.29, 1.82) is 0 Å². The third-order valence-electron chi connectivity index (χ3n) is 3.56. The highest BCUT2D eigenvalue weighted by molar-refractivity contribution is 7.19. The number of hydrogen-bond acceptors (Lipinski definition) is 5. The summed E-state index contributed by atoms with van der Waals surface area (Å²) in [6.45, 7) is 8.58. The van der Waals surface area contributed by atoms with Crippen molar-refractivity contribution in [3.63, 3.8) is 0 Å². The number of amides is 1. The lowest BCUT2D eigenvalue weighted by Crippen LogP contribution is -2.22. The number of thiophene rings is 1. The molecule has 2 unspecified atom stereocenters. The van der Waals surface area contributed by atoms with Gasteiger partial charge >= 0.3 is 0 Å². The molecule has 0 saturated heterocycles. The lowest BCUT2D eigenvalue weighted by atomic mass is 10.3. The first kappa shape index (κ1) is 15.9. The van der Waals surface area contributed by atoms with Gasteiger partial charge < -0.3 is 21.1 Å². The molecular formula is C15H25N3O2S. The smallest absolute Gasteiger partial charge is 0.263 e. The van der Waals surface area contributed by atoms with Crippen LogP contribution in [0.1, 0.15) is 50.2 Å². The topological polar surface area (TPSA) is 76.4 Å². The molecule has 2 atom stereocenters. The van der Waals surface area contributed by atoms with Gasteiger partial charge in [-0.05, 0) is 33.1 Å². The molecule has 1 fully saturated rings. The number of carbonyl (C=O) groups is 1. The van der Waals surface area contributed by atoms with Gasteiger partial charge in [0, 0.05) is 12.6 Å². The van der Waals surface area contributed by atoms with E-state index < -0.39 is 0 Å². The fourth-order valence-corrected chi connectivity index (χ4v) is 3.36. The Kier molecular flexibility index (Phi) is 4.98. The summed E-state index contributed by atoms with van der Waals surface area (Å²) in [6.07, 6.45) is 2.36. The number of ether oxygens (including phenoxy) is 1. The van der Waals surface area contributed by atoms with Crippen LogP contribution in [0.2, 0.25) is 0 Å². The number of anilines is 2. The summed E-state index contributed by atoms with van der Waals surface area (Å²) in [4.78, 5) is 12.6. The first-order valence-corrected chi connectivity index (χ1v) is 8.43. The Morgan fingerprint density at radius 2 is 2.19 bits per heavy atom. The summed E-state index contributed by atoms with van der Waals surface area (Å²) in [5.74, 6) is 1.20. The van der Waals surface area contributed by atoms with Gasteiger partial charge in [0.25, 0.3) is 5.91 Å². The highest BCUT2D eigenvalue weighted by Crippen LogP contribution is 2.46. The molecule has 1 heterocycles. The lowest BCUT2D eigenvalue weighted by molar-refractivity contribution is 0.0960. The van der Waals surface area contributed by atoms with Crippen LogP contribution in [0.4, 0.5) is 10.7 Å². The molecule has 1 saturated carbocycles. The average molecular weight is 311 g/mol. The van der Waals surface area contributed by atoms with Crippen molar-refractivity contribution in [2.24, 2.45) is 5.92 Å². The maximum Gasteiger partial charge on any atom is 0.263 e. The molecule has 4 N–H and O–H groups in total. The summed E-state index contributed by atoms with van der Waals surface area (Å²) in [7, 11) is 0. The Hall–Kier alpha value is -1.43. The molecule has 118 valence electrons. The number of nitrogens with two attached hydrogens (primary N) is 1. The standard InChI is InChI=1S/C15H25N3O2S/c1-5-9-7-10(9)18-15-12(20-8(3)4)11(16)13(21-15)14(19)17-6-2/h8-10,18H,5-7,16H2,1-4H3,(H,17,19). The van der Waals surface area contributed by atoms with Crippen LogP contribution in [0.3, 0.4) is 0 Å². The van der Waals surface area contributed by atoms with Crippen LogP contribution in [0, 0.1) is 5.92 Å². The molecule has 0 aliphatic heterocycles. The molecule has 0 aromatic carbocycles. The second-order valence-electron chi connectivity index (χ2n) is 5.68. The van der Waals surface area contributed by atoms with Crippen molar-refractivity contribution in [3.8, 4) is 5.75 Å². The van der Waals surface area contributed by atoms with Crippen LogP contribution >= 0.6 is 11.3 Å². The second kappa shape index (κ2) is 6.56. The van der Waals surface area contributed by atoms with Crippen molar-refractivity contribution in [2.45, 2.75) is 52.7 Å². The minimum absolute atomic E-state index is 0.0192. The highest BCUT2D eigenvalue weighted by Gasteiger charge is 2.37.